The van der Waals surface area contributed by atoms with Crippen LogP contribution in [0.2, 0.25) is 0 Å². The number of nitrogen functional groups attached to an aromatic ring is 1. The van der Waals surface area contributed by atoms with Gasteiger partial charge < -0.3 is 10.5 Å². The summed E-state index contributed by atoms with van der Waals surface area (Å²) in [5, 5.41) is 0. The van der Waals surface area contributed by atoms with Gasteiger partial charge in [-0.25, -0.2) is 9.97 Å². The monoisotopic (exact) mass is 398 g/mol. The Morgan fingerprint density at radius 1 is 0.933 bits per heavy atom. The minimum atomic E-state index is 0.258. The number of carbonyl (C=O) groups is 1. The lowest BCUT2D eigenvalue weighted by atomic mass is 9.86. The molecule has 1 saturated carbocycles. The predicted molar refractivity (Wildman–Crippen MR) is 116 cm³/mol. The second-order valence-electron chi connectivity index (χ2n) is 7.60. The predicted octanol–water partition coefficient (Wildman–Crippen LogP) is 5.00. The average Bonchev–Trinajstić information content (AvgIpc) is 3.17. The first-order chi connectivity index (χ1) is 14.7. The molecule has 5 rings (SSSR count). The maximum absolute atomic E-state index is 11.7. The van der Waals surface area contributed by atoms with E-state index >= 15 is 0 Å². The van der Waals surface area contributed by atoms with Crippen LogP contribution in [0.5, 0.6) is 11.5 Å². The highest BCUT2D eigenvalue weighted by Crippen LogP contribution is 2.36. The van der Waals surface area contributed by atoms with E-state index in [0.717, 1.165) is 46.9 Å². The molecule has 30 heavy (non-hydrogen) atoms. The molecule has 2 aromatic carbocycles. The molecule has 1 fully saturated rings. The Hall–Kier alpha value is -3.67. The van der Waals surface area contributed by atoms with Crippen molar-refractivity contribution in [3.8, 4) is 22.9 Å². The van der Waals surface area contributed by atoms with Crippen molar-refractivity contribution >= 4 is 17.2 Å². The number of fused-ring (bicyclic) bond motifs is 1. The Labute approximate surface area is 174 Å². The molecule has 0 atom stereocenters. The number of nitrogens with two attached hydrogens (primary N) is 1. The smallest absolute Gasteiger partial charge is 0.206 e. The lowest BCUT2D eigenvalue weighted by molar-refractivity contribution is -0.120. The van der Waals surface area contributed by atoms with Crippen LogP contribution < -0.4 is 10.5 Å². The van der Waals surface area contributed by atoms with Crippen molar-refractivity contribution in [1.29, 1.82) is 0 Å². The quantitative estimate of drug-likeness (QED) is 0.523. The number of benzene rings is 2. The molecule has 0 aliphatic heterocycles. The molecule has 0 radical (unpaired) electrons. The number of carbonyl (C=O) groups excluding carboxylic acids is 1. The fourth-order valence-electron chi connectivity index (χ4n) is 4.09. The molecule has 0 unspecified atom stereocenters. The van der Waals surface area contributed by atoms with E-state index in [9.17, 15) is 4.79 Å². The summed E-state index contributed by atoms with van der Waals surface area (Å²) in [5.74, 6) is 3.30. The maximum Gasteiger partial charge on any atom is 0.206 e. The van der Waals surface area contributed by atoms with Gasteiger partial charge in [0.1, 0.15) is 23.1 Å². The van der Waals surface area contributed by atoms with Crippen LogP contribution in [-0.2, 0) is 4.79 Å². The largest absolute Gasteiger partial charge is 0.457 e. The van der Waals surface area contributed by atoms with E-state index in [1.54, 1.807) is 6.20 Å². The summed E-state index contributed by atoms with van der Waals surface area (Å²) in [6, 6.07) is 19.4. The van der Waals surface area contributed by atoms with E-state index in [2.05, 4.69) is 4.98 Å². The molecular weight excluding hydrogens is 376 g/mol. The SMILES string of the molecule is Nc1nccc2c(C3CCC(=O)CC3)nc(-c3ccc(Oc4ccccc4)cc3)n12. The summed E-state index contributed by atoms with van der Waals surface area (Å²) in [7, 11) is 0. The normalized spacial score (nSPS) is 14.9. The van der Waals surface area contributed by atoms with Gasteiger partial charge in [0.2, 0.25) is 5.95 Å². The first-order valence-electron chi connectivity index (χ1n) is 10.2. The molecule has 0 saturated heterocycles. The summed E-state index contributed by atoms with van der Waals surface area (Å²) in [4.78, 5) is 20.9. The average molecular weight is 398 g/mol. The van der Waals surface area contributed by atoms with Crippen LogP contribution in [0.15, 0.2) is 66.9 Å². The number of ketones is 1. The Kier molecular flexibility index (Phi) is 4.67. The first kappa shape index (κ1) is 18.4. The third kappa shape index (κ3) is 3.41. The van der Waals surface area contributed by atoms with Gasteiger partial charge in [-0.05, 0) is 55.3 Å². The topological polar surface area (TPSA) is 82.5 Å². The van der Waals surface area contributed by atoms with Gasteiger partial charge in [-0.1, -0.05) is 18.2 Å². The van der Waals surface area contributed by atoms with Crippen LogP contribution in [0.1, 0.15) is 37.3 Å². The molecule has 2 N–H and O–H groups in total. The number of aromatic nitrogens is 3. The molecule has 2 aromatic heterocycles. The van der Waals surface area contributed by atoms with Crippen molar-refractivity contribution < 1.29 is 9.53 Å². The van der Waals surface area contributed by atoms with E-state index in [1.807, 2.05) is 65.1 Å². The number of nitrogens with zero attached hydrogens (tertiary/aromatic N) is 3. The van der Waals surface area contributed by atoms with Crippen molar-refractivity contribution in [2.24, 2.45) is 0 Å². The molecule has 0 spiro atoms. The molecule has 2 heterocycles. The number of para-hydroxylation sites is 1. The van der Waals surface area contributed by atoms with E-state index in [1.165, 1.54) is 0 Å². The van der Waals surface area contributed by atoms with Crippen molar-refractivity contribution in [2.45, 2.75) is 31.6 Å². The van der Waals surface area contributed by atoms with Crippen LogP contribution in [0.3, 0.4) is 0 Å². The second-order valence-corrected chi connectivity index (χ2v) is 7.60. The fourth-order valence-corrected chi connectivity index (χ4v) is 4.09. The molecule has 0 bridgehead atoms. The van der Waals surface area contributed by atoms with Crippen LogP contribution in [-0.4, -0.2) is 20.2 Å². The highest BCUT2D eigenvalue weighted by atomic mass is 16.5. The summed E-state index contributed by atoms with van der Waals surface area (Å²) in [6.45, 7) is 0. The minimum absolute atomic E-state index is 0.258. The summed E-state index contributed by atoms with van der Waals surface area (Å²) < 4.78 is 7.80. The van der Waals surface area contributed by atoms with Crippen LogP contribution in [0.4, 0.5) is 5.95 Å². The summed E-state index contributed by atoms with van der Waals surface area (Å²) in [6.07, 6.45) is 4.61. The minimum Gasteiger partial charge on any atom is -0.457 e. The number of Topliss-reactive ketones (excluding diaryl/α,β-unsaturated/α-hetero) is 1. The fraction of sp³-hybridized carbons (Fsp3) is 0.208. The van der Waals surface area contributed by atoms with Gasteiger partial charge in [-0.15, -0.1) is 0 Å². The third-order valence-corrected chi connectivity index (χ3v) is 5.63. The molecule has 0 amide bonds. The lowest BCUT2D eigenvalue weighted by Gasteiger charge is -2.19. The van der Waals surface area contributed by atoms with Gasteiger partial charge in [-0.2, -0.15) is 0 Å². The van der Waals surface area contributed by atoms with Gasteiger partial charge in [0, 0.05) is 30.5 Å². The molecule has 6 heteroatoms. The lowest BCUT2D eigenvalue weighted by Crippen LogP contribution is -2.13. The van der Waals surface area contributed by atoms with Gasteiger partial charge in [-0.3, -0.25) is 9.20 Å². The van der Waals surface area contributed by atoms with E-state index in [-0.39, 0.29) is 5.92 Å². The van der Waals surface area contributed by atoms with Gasteiger partial charge in [0.15, 0.2) is 0 Å². The van der Waals surface area contributed by atoms with Crippen molar-refractivity contribution in [3.05, 3.63) is 72.6 Å². The van der Waals surface area contributed by atoms with Crippen LogP contribution >= 0.6 is 0 Å². The molecule has 6 nitrogen and oxygen atoms in total. The summed E-state index contributed by atoms with van der Waals surface area (Å²) in [5.41, 5.74) is 9.11. The Bertz CT molecular complexity index is 1190. The Morgan fingerprint density at radius 3 is 2.37 bits per heavy atom. The standard InChI is InChI=1S/C24H22N4O2/c25-24-26-15-14-21-22(16-6-10-18(29)11-7-16)27-23(28(21)24)17-8-12-20(13-9-17)30-19-4-2-1-3-5-19/h1-5,8-9,12-16H,6-7,10-11H2,(H2,25,26). The molecule has 1 aliphatic rings. The summed E-state index contributed by atoms with van der Waals surface area (Å²) >= 11 is 0. The number of rotatable bonds is 4. The van der Waals surface area contributed by atoms with Gasteiger partial charge >= 0.3 is 0 Å². The van der Waals surface area contributed by atoms with Crippen LogP contribution in [0.25, 0.3) is 16.9 Å². The zero-order chi connectivity index (χ0) is 20.5. The molecule has 4 aromatic rings. The second kappa shape index (κ2) is 7.63. The van der Waals surface area contributed by atoms with E-state index in [4.69, 9.17) is 15.5 Å². The third-order valence-electron chi connectivity index (χ3n) is 5.63. The van der Waals surface area contributed by atoms with Crippen molar-refractivity contribution in [3.63, 3.8) is 0 Å². The molecule has 1 aliphatic carbocycles. The zero-order valence-electron chi connectivity index (χ0n) is 16.5. The highest BCUT2D eigenvalue weighted by Gasteiger charge is 2.26. The van der Waals surface area contributed by atoms with E-state index in [0.29, 0.717) is 24.6 Å². The number of imidazole rings is 1. The van der Waals surface area contributed by atoms with Gasteiger partial charge in [0.25, 0.3) is 0 Å². The van der Waals surface area contributed by atoms with E-state index < -0.39 is 0 Å². The first-order valence-corrected chi connectivity index (χ1v) is 10.2. The van der Waals surface area contributed by atoms with Crippen molar-refractivity contribution in [1.82, 2.24) is 14.4 Å². The number of hydrogen-bond donors (Lipinski definition) is 1. The molecular formula is C24H22N4O2. The Morgan fingerprint density at radius 2 is 1.63 bits per heavy atom. The highest BCUT2D eigenvalue weighted by molar-refractivity contribution is 5.79. The van der Waals surface area contributed by atoms with Gasteiger partial charge in [0.05, 0.1) is 11.2 Å². The molecule has 150 valence electrons. The number of ether oxygens (including phenoxy) is 1. The van der Waals surface area contributed by atoms with Crippen molar-refractivity contribution in [2.75, 3.05) is 5.73 Å². The number of hydrogen-bond acceptors (Lipinski definition) is 5. The van der Waals surface area contributed by atoms with Crippen LogP contribution in [0, 0.1) is 0 Å². The Balaban J connectivity index is 1.51. The number of anilines is 1. The zero-order valence-corrected chi connectivity index (χ0v) is 16.5. The maximum atomic E-state index is 11.7.